The molecule has 0 heterocycles. The molecule has 0 fully saturated rings. The zero-order valence-corrected chi connectivity index (χ0v) is 11.0. The summed E-state index contributed by atoms with van der Waals surface area (Å²) in [7, 11) is 1.46. The van der Waals surface area contributed by atoms with Crippen molar-refractivity contribution in [3.63, 3.8) is 0 Å². The predicted octanol–water partition coefficient (Wildman–Crippen LogP) is 3.00. The first-order chi connectivity index (χ1) is 7.95. The normalized spacial score (nSPS) is 14.8. The summed E-state index contributed by atoms with van der Waals surface area (Å²) in [5.74, 6) is 0.905. The van der Waals surface area contributed by atoms with Gasteiger partial charge in [0.15, 0.2) is 11.6 Å². The second-order valence-corrected chi connectivity index (χ2v) is 4.94. The van der Waals surface area contributed by atoms with Gasteiger partial charge in [-0.05, 0) is 36.0 Å². The summed E-state index contributed by atoms with van der Waals surface area (Å²) in [6, 6.07) is 5.08. The summed E-state index contributed by atoms with van der Waals surface area (Å²) in [6.45, 7) is 6.44. The van der Waals surface area contributed by atoms with Crippen molar-refractivity contribution in [3.05, 3.63) is 29.6 Å². The van der Waals surface area contributed by atoms with Crippen LogP contribution in [0.3, 0.4) is 0 Å². The smallest absolute Gasteiger partial charge is 0.165 e. The molecule has 0 aliphatic carbocycles. The van der Waals surface area contributed by atoms with Crippen LogP contribution in [0.25, 0.3) is 0 Å². The number of methoxy groups -OCH3 is 1. The Kier molecular flexibility index (Phi) is 4.94. The molecule has 96 valence electrons. The van der Waals surface area contributed by atoms with E-state index in [0.717, 1.165) is 5.56 Å². The predicted molar refractivity (Wildman–Crippen MR) is 68.6 cm³/mol. The summed E-state index contributed by atoms with van der Waals surface area (Å²) >= 11 is 0. The van der Waals surface area contributed by atoms with Gasteiger partial charge < -0.3 is 10.5 Å². The number of hydrogen-bond donors (Lipinski definition) is 1. The Bertz CT molecular complexity index is 365. The third-order valence-corrected chi connectivity index (χ3v) is 3.41. The molecule has 2 unspecified atom stereocenters. The van der Waals surface area contributed by atoms with Gasteiger partial charge in [0.2, 0.25) is 0 Å². The van der Waals surface area contributed by atoms with E-state index >= 15 is 0 Å². The lowest BCUT2D eigenvalue weighted by molar-refractivity contribution is 0.343. The number of ether oxygens (including phenoxy) is 1. The molecular formula is C14H22FNO. The van der Waals surface area contributed by atoms with Crippen LogP contribution in [0.5, 0.6) is 5.75 Å². The molecule has 1 aromatic rings. The minimum atomic E-state index is -0.325. The van der Waals surface area contributed by atoms with Gasteiger partial charge in [-0.15, -0.1) is 0 Å². The molecule has 3 heteroatoms. The molecule has 0 aliphatic heterocycles. The second kappa shape index (κ2) is 6.01. The van der Waals surface area contributed by atoms with E-state index in [-0.39, 0.29) is 17.6 Å². The molecule has 1 aromatic carbocycles. The lowest BCUT2D eigenvalue weighted by atomic mass is 9.87. The van der Waals surface area contributed by atoms with E-state index in [1.54, 1.807) is 6.07 Å². The zero-order valence-electron chi connectivity index (χ0n) is 11.0. The zero-order chi connectivity index (χ0) is 13.0. The summed E-state index contributed by atoms with van der Waals surface area (Å²) in [4.78, 5) is 0. The van der Waals surface area contributed by atoms with Gasteiger partial charge in [-0.3, -0.25) is 0 Å². The highest BCUT2D eigenvalue weighted by Crippen LogP contribution is 2.21. The average Bonchev–Trinajstić information content (AvgIpc) is 2.28. The molecule has 0 radical (unpaired) electrons. The Labute approximate surface area is 103 Å². The molecule has 2 nitrogen and oxygen atoms in total. The van der Waals surface area contributed by atoms with Crippen LogP contribution < -0.4 is 10.5 Å². The van der Waals surface area contributed by atoms with E-state index in [4.69, 9.17) is 10.5 Å². The van der Waals surface area contributed by atoms with Crippen molar-refractivity contribution >= 4 is 0 Å². The van der Waals surface area contributed by atoms with Crippen molar-refractivity contribution < 1.29 is 9.13 Å². The van der Waals surface area contributed by atoms with Crippen molar-refractivity contribution in [1.82, 2.24) is 0 Å². The molecule has 0 spiro atoms. The molecule has 0 aromatic heterocycles. The minimum absolute atomic E-state index is 0.0581. The van der Waals surface area contributed by atoms with Gasteiger partial charge in [0.05, 0.1) is 7.11 Å². The molecule has 0 aliphatic rings. The molecule has 1 rings (SSSR count). The summed E-state index contributed by atoms with van der Waals surface area (Å²) < 4.78 is 18.4. The second-order valence-electron chi connectivity index (χ2n) is 4.94. The maximum absolute atomic E-state index is 13.5. The molecule has 0 saturated heterocycles. The van der Waals surface area contributed by atoms with Crippen LogP contribution in [0.1, 0.15) is 26.3 Å². The Morgan fingerprint density at radius 3 is 2.41 bits per heavy atom. The van der Waals surface area contributed by atoms with Crippen LogP contribution in [-0.2, 0) is 6.42 Å². The van der Waals surface area contributed by atoms with Crippen molar-refractivity contribution in [2.24, 2.45) is 17.6 Å². The quantitative estimate of drug-likeness (QED) is 0.857. The SMILES string of the molecule is COc1ccc(CC(N)C(C)C(C)C)cc1F. The average molecular weight is 239 g/mol. The third kappa shape index (κ3) is 3.70. The summed E-state index contributed by atoms with van der Waals surface area (Å²) in [6.07, 6.45) is 0.695. The number of halogens is 1. The van der Waals surface area contributed by atoms with Crippen molar-refractivity contribution in [3.8, 4) is 5.75 Å². The standard InChI is InChI=1S/C14H22FNO/c1-9(2)10(3)13(16)8-11-5-6-14(17-4)12(15)7-11/h5-7,9-10,13H,8,16H2,1-4H3. The minimum Gasteiger partial charge on any atom is -0.494 e. The molecule has 2 N–H and O–H groups in total. The maximum atomic E-state index is 13.5. The Morgan fingerprint density at radius 2 is 1.94 bits per heavy atom. The van der Waals surface area contributed by atoms with E-state index in [1.165, 1.54) is 13.2 Å². The summed E-state index contributed by atoms with van der Waals surface area (Å²) in [5.41, 5.74) is 7.04. The maximum Gasteiger partial charge on any atom is 0.165 e. The van der Waals surface area contributed by atoms with Gasteiger partial charge in [-0.25, -0.2) is 4.39 Å². The van der Waals surface area contributed by atoms with Crippen LogP contribution in [0.15, 0.2) is 18.2 Å². The fourth-order valence-electron chi connectivity index (χ4n) is 1.79. The van der Waals surface area contributed by atoms with Crippen LogP contribution in [-0.4, -0.2) is 13.2 Å². The number of hydrogen-bond acceptors (Lipinski definition) is 2. The van der Waals surface area contributed by atoms with E-state index in [2.05, 4.69) is 20.8 Å². The van der Waals surface area contributed by atoms with Gasteiger partial charge in [0.1, 0.15) is 0 Å². The van der Waals surface area contributed by atoms with Gasteiger partial charge in [-0.2, -0.15) is 0 Å². The first kappa shape index (κ1) is 14.0. The molecule has 0 bridgehead atoms. The van der Waals surface area contributed by atoms with Gasteiger partial charge in [-0.1, -0.05) is 26.8 Å². The van der Waals surface area contributed by atoms with Crippen molar-refractivity contribution in [2.75, 3.05) is 7.11 Å². The fourth-order valence-corrected chi connectivity index (χ4v) is 1.79. The van der Waals surface area contributed by atoms with E-state index in [9.17, 15) is 4.39 Å². The van der Waals surface area contributed by atoms with Crippen molar-refractivity contribution in [2.45, 2.75) is 33.2 Å². The highest BCUT2D eigenvalue weighted by Gasteiger charge is 2.17. The van der Waals surface area contributed by atoms with Crippen LogP contribution in [0.4, 0.5) is 4.39 Å². The summed E-state index contributed by atoms with van der Waals surface area (Å²) in [5, 5.41) is 0. The first-order valence-electron chi connectivity index (χ1n) is 6.03. The topological polar surface area (TPSA) is 35.2 Å². The van der Waals surface area contributed by atoms with Gasteiger partial charge in [0, 0.05) is 6.04 Å². The largest absolute Gasteiger partial charge is 0.494 e. The monoisotopic (exact) mass is 239 g/mol. The third-order valence-electron chi connectivity index (χ3n) is 3.41. The van der Waals surface area contributed by atoms with Crippen LogP contribution >= 0.6 is 0 Å². The lowest BCUT2D eigenvalue weighted by Gasteiger charge is -2.23. The highest BCUT2D eigenvalue weighted by atomic mass is 19.1. The number of benzene rings is 1. The van der Waals surface area contributed by atoms with E-state index in [0.29, 0.717) is 18.3 Å². The molecule has 0 amide bonds. The van der Waals surface area contributed by atoms with E-state index < -0.39 is 0 Å². The number of nitrogens with two attached hydrogens (primary N) is 1. The first-order valence-corrected chi connectivity index (χ1v) is 6.03. The van der Waals surface area contributed by atoms with E-state index in [1.807, 2.05) is 6.07 Å². The van der Waals surface area contributed by atoms with Crippen LogP contribution in [0.2, 0.25) is 0 Å². The van der Waals surface area contributed by atoms with Crippen molar-refractivity contribution in [1.29, 1.82) is 0 Å². The Hall–Kier alpha value is -1.09. The highest BCUT2D eigenvalue weighted by molar-refractivity contribution is 5.29. The molecule has 0 saturated carbocycles. The molecule has 17 heavy (non-hydrogen) atoms. The lowest BCUT2D eigenvalue weighted by Crippen LogP contribution is -2.33. The molecular weight excluding hydrogens is 217 g/mol. The Balaban J connectivity index is 2.72. The van der Waals surface area contributed by atoms with Crippen LogP contribution in [0, 0.1) is 17.7 Å². The van der Waals surface area contributed by atoms with Gasteiger partial charge >= 0.3 is 0 Å². The Morgan fingerprint density at radius 1 is 1.29 bits per heavy atom. The van der Waals surface area contributed by atoms with Gasteiger partial charge in [0.25, 0.3) is 0 Å². The number of rotatable bonds is 5. The fraction of sp³-hybridized carbons (Fsp3) is 0.571. The molecule has 2 atom stereocenters.